The number of rotatable bonds is 3. The molecule has 1 radical (unpaired) electrons. The van der Waals surface area contributed by atoms with Crippen LogP contribution in [0.2, 0.25) is 0 Å². The fourth-order valence-corrected chi connectivity index (χ4v) is 2.20. The van der Waals surface area contributed by atoms with Crippen molar-refractivity contribution in [1.29, 1.82) is 0 Å². The summed E-state index contributed by atoms with van der Waals surface area (Å²) in [5.41, 5.74) is -1.24. The highest BCUT2D eigenvalue weighted by atomic mass is 16.3. The minimum absolute atomic E-state index is 0.206. The highest BCUT2D eigenvalue weighted by molar-refractivity contribution is 6.22. The van der Waals surface area contributed by atoms with E-state index in [1.807, 2.05) is 0 Å². The normalized spacial score (nSPS) is 19.6. The van der Waals surface area contributed by atoms with Crippen molar-refractivity contribution in [3.05, 3.63) is 42.8 Å². The maximum atomic E-state index is 12.1. The first-order valence-corrected chi connectivity index (χ1v) is 5.70. The van der Waals surface area contributed by atoms with E-state index in [-0.39, 0.29) is 6.42 Å². The number of urea groups is 1. The molecule has 1 fully saturated rings. The smallest absolute Gasteiger partial charge is 0.328 e. The Hall–Kier alpha value is -2.21. The van der Waals surface area contributed by atoms with Gasteiger partial charge >= 0.3 is 6.03 Å². The quantitative estimate of drug-likeness (QED) is 0.661. The fraction of sp³-hybridized carbons (Fsp3) is 0.231. The topological polar surface area (TPSA) is 95.5 Å². The molecule has 0 aliphatic carbocycles. The number of imide groups is 2. The van der Waals surface area contributed by atoms with E-state index in [0.717, 1.165) is 0 Å². The van der Waals surface area contributed by atoms with Crippen LogP contribution in [-0.4, -0.2) is 29.1 Å². The number of nitrogens with one attached hydrogen (secondary N) is 2. The SMILES string of the molecule is [CH2]C(O)CC1(c2ccccc2)C(=O)NC(=O)NC1=O. The molecule has 0 aromatic heterocycles. The number of aliphatic hydroxyl groups is 1. The molecular formula is C13H13N2O4. The molecule has 6 nitrogen and oxygen atoms in total. The van der Waals surface area contributed by atoms with Gasteiger partial charge in [0.05, 0.1) is 6.10 Å². The minimum Gasteiger partial charge on any atom is -0.393 e. The summed E-state index contributed by atoms with van der Waals surface area (Å²) in [7, 11) is 0. The molecule has 1 unspecified atom stereocenters. The molecule has 1 aromatic carbocycles. The van der Waals surface area contributed by atoms with Gasteiger partial charge in [-0.3, -0.25) is 20.2 Å². The van der Waals surface area contributed by atoms with E-state index in [2.05, 4.69) is 17.6 Å². The van der Waals surface area contributed by atoms with E-state index in [4.69, 9.17) is 0 Å². The van der Waals surface area contributed by atoms with Crippen molar-refractivity contribution in [3.63, 3.8) is 0 Å². The van der Waals surface area contributed by atoms with Crippen LogP contribution in [0.15, 0.2) is 30.3 Å². The molecule has 0 saturated carbocycles. The van der Waals surface area contributed by atoms with Crippen LogP contribution in [0.3, 0.4) is 0 Å². The molecule has 19 heavy (non-hydrogen) atoms. The summed E-state index contributed by atoms with van der Waals surface area (Å²) >= 11 is 0. The Morgan fingerprint density at radius 1 is 1.11 bits per heavy atom. The Kier molecular flexibility index (Phi) is 3.35. The lowest BCUT2D eigenvalue weighted by molar-refractivity contribution is -0.140. The van der Waals surface area contributed by atoms with Gasteiger partial charge in [0.2, 0.25) is 11.8 Å². The zero-order chi connectivity index (χ0) is 14.0. The Balaban J connectivity index is 2.54. The molecule has 2 rings (SSSR count). The number of amides is 4. The monoisotopic (exact) mass is 261 g/mol. The van der Waals surface area contributed by atoms with Crippen molar-refractivity contribution < 1.29 is 19.5 Å². The molecule has 1 heterocycles. The molecule has 6 heteroatoms. The first kappa shape index (κ1) is 13.2. The van der Waals surface area contributed by atoms with Crippen LogP contribution in [0.1, 0.15) is 12.0 Å². The summed E-state index contributed by atoms with van der Waals surface area (Å²) in [5.74, 6) is -1.51. The number of carbonyl (C=O) groups is 3. The largest absolute Gasteiger partial charge is 0.393 e. The zero-order valence-corrected chi connectivity index (χ0v) is 10.1. The van der Waals surface area contributed by atoms with Gasteiger partial charge in [-0.2, -0.15) is 0 Å². The van der Waals surface area contributed by atoms with Crippen molar-refractivity contribution in [3.8, 4) is 0 Å². The van der Waals surface area contributed by atoms with Crippen LogP contribution >= 0.6 is 0 Å². The predicted molar refractivity (Wildman–Crippen MR) is 65.8 cm³/mol. The van der Waals surface area contributed by atoms with E-state index in [1.54, 1.807) is 30.3 Å². The van der Waals surface area contributed by atoms with E-state index >= 15 is 0 Å². The van der Waals surface area contributed by atoms with Gasteiger partial charge in [-0.15, -0.1) is 0 Å². The summed E-state index contributed by atoms with van der Waals surface area (Å²) in [6.07, 6.45) is -1.33. The Labute approximate surface area is 109 Å². The van der Waals surface area contributed by atoms with Crippen LogP contribution < -0.4 is 10.6 Å². The standard InChI is InChI=1S/C13H13N2O4/c1-8(16)7-13(9-5-3-2-4-6-9)10(17)14-12(19)15-11(13)18/h2-6,8,16H,1,7H2,(H2,14,15,17,18,19). The third-order valence-electron chi connectivity index (χ3n) is 3.04. The predicted octanol–water partition coefficient (Wildman–Crippen LogP) is -0.125. The highest BCUT2D eigenvalue weighted by Gasteiger charge is 2.52. The van der Waals surface area contributed by atoms with Crippen LogP contribution in [0.4, 0.5) is 4.79 Å². The molecule has 99 valence electrons. The fourth-order valence-electron chi connectivity index (χ4n) is 2.20. The summed E-state index contributed by atoms with van der Waals surface area (Å²) < 4.78 is 0. The second-order valence-electron chi connectivity index (χ2n) is 4.37. The summed E-state index contributed by atoms with van der Waals surface area (Å²) in [6.45, 7) is 3.40. The molecule has 1 aromatic rings. The molecule has 1 aliphatic rings. The summed E-state index contributed by atoms with van der Waals surface area (Å²) in [5, 5.41) is 13.6. The maximum absolute atomic E-state index is 12.1. The van der Waals surface area contributed by atoms with Crippen molar-refractivity contribution in [1.82, 2.24) is 10.6 Å². The average Bonchev–Trinajstić information content (AvgIpc) is 2.34. The molecule has 0 bridgehead atoms. The third kappa shape index (κ3) is 2.22. The van der Waals surface area contributed by atoms with Crippen molar-refractivity contribution >= 4 is 17.8 Å². The number of aliphatic hydroxyl groups excluding tert-OH is 1. The Morgan fingerprint density at radius 2 is 1.63 bits per heavy atom. The van der Waals surface area contributed by atoms with Gasteiger partial charge in [0, 0.05) is 6.42 Å². The van der Waals surface area contributed by atoms with Gasteiger partial charge in [-0.25, -0.2) is 4.79 Å². The van der Waals surface area contributed by atoms with Crippen molar-refractivity contribution in [2.24, 2.45) is 0 Å². The maximum Gasteiger partial charge on any atom is 0.328 e. The van der Waals surface area contributed by atoms with Gasteiger partial charge in [0.1, 0.15) is 0 Å². The lowest BCUT2D eigenvalue weighted by atomic mass is 9.73. The molecule has 3 N–H and O–H groups in total. The van der Waals surface area contributed by atoms with Crippen LogP contribution in [-0.2, 0) is 15.0 Å². The van der Waals surface area contributed by atoms with Gasteiger partial charge < -0.3 is 5.11 Å². The Bertz CT molecular complexity index is 505. The first-order chi connectivity index (χ1) is 8.96. The molecule has 1 aliphatic heterocycles. The third-order valence-corrected chi connectivity index (χ3v) is 3.04. The molecule has 1 saturated heterocycles. The lowest BCUT2D eigenvalue weighted by Gasteiger charge is -2.35. The summed E-state index contributed by atoms with van der Waals surface area (Å²) in [4.78, 5) is 35.4. The van der Waals surface area contributed by atoms with E-state index in [9.17, 15) is 19.5 Å². The zero-order valence-electron chi connectivity index (χ0n) is 10.1. The van der Waals surface area contributed by atoms with Crippen LogP contribution in [0.25, 0.3) is 0 Å². The van der Waals surface area contributed by atoms with Gasteiger partial charge in [-0.05, 0) is 12.5 Å². The van der Waals surface area contributed by atoms with Gasteiger partial charge in [0.15, 0.2) is 5.41 Å². The van der Waals surface area contributed by atoms with Crippen LogP contribution in [0.5, 0.6) is 0 Å². The second kappa shape index (κ2) is 4.81. The number of benzene rings is 1. The van der Waals surface area contributed by atoms with E-state index < -0.39 is 29.4 Å². The molecule has 1 atom stereocenters. The van der Waals surface area contributed by atoms with E-state index in [1.165, 1.54) is 0 Å². The molecular weight excluding hydrogens is 248 g/mol. The average molecular weight is 261 g/mol. The number of hydrogen-bond donors (Lipinski definition) is 3. The van der Waals surface area contributed by atoms with E-state index in [0.29, 0.717) is 5.56 Å². The molecule has 0 spiro atoms. The van der Waals surface area contributed by atoms with Crippen LogP contribution in [0, 0.1) is 6.92 Å². The number of barbiturate groups is 1. The first-order valence-electron chi connectivity index (χ1n) is 5.70. The minimum atomic E-state index is -1.64. The Morgan fingerprint density at radius 3 is 2.11 bits per heavy atom. The summed E-state index contributed by atoms with van der Waals surface area (Å²) in [6, 6.07) is 7.41. The molecule has 4 amide bonds. The lowest BCUT2D eigenvalue weighted by Crippen LogP contribution is -2.65. The van der Waals surface area contributed by atoms with Crippen molar-refractivity contribution in [2.45, 2.75) is 17.9 Å². The van der Waals surface area contributed by atoms with Gasteiger partial charge in [-0.1, -0.05) is 30.3 Å². The number of hydrogen-bond acceptors (Lipinski definition) is 4. The number of carbonyl (C=O) groups excluding carboxylic acids is 3. The highest BCUT2D eigenvalue weighted by Crippen LogP contribution is 2.31. The van der Waals surface area contributed by atoms with Crippen molar-refractivity contribution in [2.75, 3.05) is 0 Å². The van der Waals surface area contributed by atoms with Gasteiger partial charge in [0.25, 0.3) is 0 Å². The second-order valence-corrected chi connectivity index (χ2v) is 4.37.